The minimum absolute atomic E-state index is 0.287. The highest BCUT2D eigenvalue weighted by Gasteiger charge is 2.34. The zero-order valence-electron chi connectivity index (χ0n) is 11.7. The summed E-state index contributed by atoms with van der Waals surface area (Å²) in [7, 11) is 0. The van der Waals surface area contributed by atoms with Crippen LogP contribution in [0.3, 0.4) is 0 Å². The molecule has 4 heteroatoms. The van der Waals surface area contributed by atoms with Crippen molar-refractivity contribution in [2.24, 2.45) is 4.99 Å². The van der Waals surface area contributed by atoms with Gasteiger partial charge in [-0.1, -0.05) is 25.6 Å². The number of amidine groups is 1. The zero-order chi connectivity index (χ0) is 13.3. The fourth-order valence-corrected chi connectivity index (χ4v) is 5.31. The number of nitrogens with zero attached hydrogens (tertiary/aromatic N) is 1. The van der Waals surface area contributed by atoms with Gasteiger partial charge in [-0.15, -0.1) is 11.3 Å². The van der Waals surface area contributed by atoms with Gasteiger partial charge >= 0.3 is 0 Å². The molecule has 3 rings (SSSR count). The van der Waals surface area contributed by atoms with Gasteiger partial charge in [0, 0.05) is 16.2 Å². The molecule has 19 heavy (non-hydrogen) atoms. The van der Waals surface area contributed by atoms with E-state index in [0.717, 1.165) is 0 Å². The summed E-state index contributed by atoms with van der Waals surface area (Å²) in [6.45, 7) is 4.55. The summed E-state index contributed by atoms with van der Waals surface area (Å²) in [6, 6.07) is 2.68. The van der Waals surface area contributed by atoms with Crippen molar-refractivity contribution < 1.29 is 0 Å². The number of hydrogen-bond acceptors (Lipinski definition) is 3. The van der Waals surface area contributed by atoms with E-state index in [-0.39, 0.29) is 5.54 Å². The average Bonchev–Trinajstić information content (AvgIpc) is 3.06. The fraction of sp³-hybridized carbons (Fsp3) is 0.667. The van der Waals surface area contributed by atoms with E-state index in [4.69, 9.17) is 4.99 Å². The number of thiophene rings is 1. The molecule has 0 radical (unpaired) electrons. The van der Waals surface area contributed by atoms with E-state index >= 15 is 0 Å². The molecule has 2 heterocycles. The van der Waals surface area contributed by atoms with Gasteiger partial charge in [-0.3, -0.25) is 4.99 Å². The third-order valence-corrected chi connectivity index (χ3v) is 6.68. The van der Waals surface area contributed by atoms with Crippen LogP contribution >= 0.6 is 23.1 Å². The fourth-order valence-electron chi connectivity index (χ4n) is 2.94. The van der Waals surface area contributed by atoms with Crippen LogP contribution < -0.4 is 5.32 Å². The molecular formula is C15H22N2S2. The van der Waals surface area contributed by atoms with E-state index in [1.54, 1.807) is 4.88 Å². The Bertz CT molecular complexity index is 474. The molecule has 1 saturated heterocycles. The second-order valence-electron chi connectivity index (χ2n) is 5.54. The van der Waals surface area contributed by atoms with Gasteiger partial charge in [-0.25, -0.2) is 0 Å². The van der Waals surface area contributed by atoms with Crippen LogP contribution in [0.15, 0.2) is 16.4 Å². The summed E-state index contributed by atoms with van der Waals surface area (Å²) in [5, 5.41) is 7.09. The Balaban J connectivity index is 1.78. The van der Waals surface area contributed by atoms with Gasteiger partial charge in [0.1, 0.15) is 0 Å². The second-order valence-corrected chi connectivity index (χ2v) is 7.51. The third kappa shape index (κ3) is 2.57. The molecule has 0 spiro atoms. The van der Waals surface area contributed by atoms with E-state index in [1.165, 1.54) is 48.6 Å². The lowest BCUT2D eigenvalue weighted by atomic mass is 9.94. The lowest BCUT2D eigenvalue weighted by Gasteiger charge is -2.26. The first kappa shape index (κ1) is 13.5. The molecule has 1 N–H and O–H groups in total. The number of aryl methyl sites for hydroxylation is 1. The molecule has 1 fully saturated rings. The Kier molecular flexibility index (Phi) is 3.90. The smallest absolute Gasteiger partial charge is 0.157 e. The number of hydrogen-bond donors (Lipinski definition) is 1. The minimum atomic E-state index is 0.287. The molecule has 1 aliphatic carbocycles. The Hall–Kier alpha value is -0.480. The van der Waals surface area contributed by atoms with Crippen molar-refractivity contribution in [2.75, 3.05) is 5.75 Å². The van der Waals surface area contributed by atoms with E-state index in [2.05, 4.69) is 30.6 Å². The molecule has 1 aromatic heterocycles. The number of rotatable bonds is 3. The molecule has 0 aromatic carbocycles. The highest BCUT2D eigenvalue weighted by Crippen LogP contribution is 2.37. The minimum Gasteiger partial charge on any atom is -0.359 e. The van der Waals surface area contributed by atoms with Gasteiger partial charge in [0.25, 0.3) is 0 Å². The monoisotopic (exact) mass is 294 g/mol. The van der Waals surface area contributed by atoms with Gasteiger partial charge in [0.05, 0.1) is 6.04 Å². The van der Waals surface area contributed by atoms with Crippen molar-refractivity contribution in [1.29, 1.82) is 0 Å². The zero-order valence-corrected chi connectivity index (χ0v) is 13.4. The molecule has 0 amide bonds. The van der Waals surface area contributed by atoms with Crippen molar-refractivity contribution in [3.63, 3.8) is 0 Å². The van der Waals surface area contributed by atoms with Crippen LogP contribution in [-0.4, -0.2) is 16.5 Å². The molecule has 1 atom stereocenters. The van der Waals surface area contributed by atoms with E-state index in [9.17, 15) is 0 Å². The van der Waals surface area contributed by atoms with Crippen LogP contribution in [0, 0.1) is 0 Å². The van der Waals surface area contributed by atoms with Crippen molar-refractivity contribution in [3.05, 3.63) is 21.9 Å². The predicted octanol–water partition coefficient (Wildman–Crippen LogP) is 4.38. The van der Waals surface area contributed by atoms with Gasteiger partial charge in [-0.2, -0.15) is 0 Å². The molecule has 2 aliphatic rings. The Morgan fingerprint density at radius 3 is 3.00 bits per heavy atom. The molecule has 0 bridgehead atoms. The summed E-state index contributed by atoms with van der Waals surface area (Å²) in [6.07, 6.45) is 6.11. The number of aliphatic imine (C=N–C) groups is 1. The highest BCUT2D eigenvalue weighted by molar-refractivity contribution is 8.14. The molecule has 1 aromatic rings. The van der Waals surface area contributed by atoms with Crippen LogP contribution in [0.5, 0.6) is 0 Å². The summed E-state index contributed by atoms with van der Waals surface area (Å²) < 4.78 is 0. The molecule has 1 aliphatic heterocycles. The first-order valence-corrected chi connectivity index (χ1v) is 9.18. The average molecular weight is 294 g/mol. The van der Waals surface area contributed by atoms with E-state index < -0.39 is 0 Å². The van der Waals surface area contributed by atoms with E-state index in [1.807, 2.05) is 23.1 Å². The first-order chi connectivity index (χ1) is 9.26. The standard InChI is InChI=1S/C15H22N2S2/c1-3-15(4-2)10-19-14(17-15)16-12-6-5-7-13-11(12)8-9-18-13/h8-9,12H,3-7,10H2,1-2H3,(H,16,17). The second kappa shape index (κ2) is 5.49. The van der Waals surface area contributed by atoms with Crippen molar-refractivity contribution in [3.8, 4) is 0 Å². The Labute approximate surface area is 124 Å². The first-order valence-electron chi connectivity index (χ1n) is 7.31. The third-order valence-electron chi connectivity index (χ3n) is 4.50. The van der Waals surface area contributed by atoms with Gasteiger partial charge in [-0.05, 0) is 49.1 Å². The summed E-state index contributed by atoms with van der Waals surface area (Å²) in [5.41, 5.74) is 1.77. The maximum Gasteiger partial charge on any atom is 0.157 e. The van der Waals surface area contributed by atoms with Crippen LogP contribution in [0.2, 0.25) is 0 Å². The Morgan fingerprint density at radius 2 is 2.26 bits per heavy atom. The van der Waals surface area contributed by atoms with Crippen LogP contribution in [-0.2, 0) is 6.42 Å². The quantitative estimate of drug-likeness (QED) is 0.895. The van der Waals surface area contributed by atoms with Gasteiger partial charge in [0.2, 0.25) is 0 Å². The molecular weight excluding hydrogens is 272 g/mol. The summed E-state index contributed by atoms with van der Waals surface area (Å²) in [5.74, 6) is 1.17. The van der Waals surface area contributed by atoms with Gasteiger partial charge < -0.3 is 5.32 Å². The lowest BCUT2D eigenvalue weighted by Crippen LogP contribution is -2.42. The molecule has 0 saturated carbocycles. The highest BCUT2D eigenvalue weighted by atomic mass is 32.2. The van der Waals surface area contributed by atoms with E-state index in [0.29, 0.717) is 6.04 Å². The van der Waals surface area contributed by atoms with Crippen molar-refractivity contribution >= 4 is 28.3 Å². The number of nitrogens with one attached hydrogen (secondary N) is 1. The van der Waals surface area contributed by atoms with Crippen molar-refractivity contribution in [1.82, 2.24) is 5.32 Å². The summed E-state index contributed by atoms with van der Waals surface area (Å²) in [4.78, 5) is 6.57. The molecule has 104 valence electrons. The van der Waals surface area contributed by atoms with Crippen molar-refractivity contribution in [2.45, 2.75) is 57.5 Å². The molecule has 1 unspecified atom stereocenters. The number of thioether (sulfide) groups is 1. The van der Waals surface area contributed by atoms with Crippen LogP contribution in [0.4, 0.5) is 0 Å². The largest absolute Gasteiger partial charge is 0.359 e. The van der Waals surface area contributed by atoms with Crippen LogP contribution in [0.25, 0.3) is 0 Å². The van der Waals surface area contributed by atoms with Crippen LogP contribution in [0.1, 0.15) is 56.0 Å². The maximum absolute atomic E-state index is 5.01. The molecule has 2 nitrogen and oxygen atoms in total. The normalized spacial score (nSPS) is 27.3. The lowest BCUT2D eigenvalue weighted by molar-refractivity contribution is 0.406. The summed E-state index contributed by atoms with van der Waals surface area (Å²) >= 11 is 3.81. The maximum atomic E-state index is 5.01. The topological polar surface area (TPSA) is 24.4 Å². The SMILES string of the molecule is CCC1(CC)CSC(=NC2CCCc3sccc32)N1. The predicted molar refractivity (Wildman–Crippen MR) is 86.3 cm³/mol. The Morgan fingerprint density at radius 1 is 1.42 bits per heavy atom. The number of fused-ring (bicyclic) bond motifs is 1. The van der Waals surface area contributed by atoms with Gasteiger partial charge in [0.15, 0.2) is 5.17 Å².